The zero-order chi connectivity index (χ0) is 23.2. The third kappa shape index (κ3) is 6.12. The lowest BCUT2D eigenvalue weighted by atomic mass is 10.2. The zero-order valence-corrected chi connectivity index (χ0v) is 19.1. The van der Waals surface area contributed by atoms with Gasteiger partial charge in [-0.25, -0.2) is 25.9 Å². The van der Waals surface area contributed by atoms with E-state index in [0.717, 1.165) is 43.5 Å². The van der Waals surface area contributed by atoms with Gasteiger partial charge in [-0.05, 0) is 48.7 Å². The van der Waals surface area contributed by atoms with E-state index >= 15 is 0 Å². The first-order valence-corrected chi connectivity index (χ1v) is 13.2. The highest BCUT2D eigenvalue weighted by atomic mass is 32.2. The molecule has 0 aromatic heterocycles. The summed E-state index contributed by atoms with van der Waals surface area (Å²) in [6, 6.07) is 10.9. The predicted octanol–water partition coefficient (Wildman–Crippen LogP) is 1.99. The fourth-order valence-corrected chi connectivity index (χ4v) is 6.20. The van der Waals surface area contributed by atoms with E-state index in [1.54, 1.807) is 18.2 Å². The van der Waals surface area contributed by atoms with Crippen LogP contribution in [0.2, 0.25) is 0 Å². The monoisotopic (exact) mass is 483 g/mol. The molecule has 174 valence electrons. The number of nitrogens with zero attached hydrogens (tertiary/aromatic N) is 1. The zero-order valence-electron chi connectivity index (χ0n) is 17.5. The Morgan fingerprint density at radius 2 is 1.59 bits per heavy atom. The molecule has 3 rings (SSSR count). The number of hydrogen-bond acceptors (Lipinski definition) is 5. The van der Waals surface area contributed by atoms with Gasteiger partial charge in [0.25, 0.3) is 0 Å². The molecule has 1 fully saturated rings. The van der Waals surface area contributed by atoms with Gasteiger partial charge in [-0.15, -0.1) is 0 Å². The van der Waals surface area contributed by atoms with Crippen molar-refractivity contribution in [2.24, 2.45) is 0 Å². The lowest BCUT2D eigenvalue weighted by Gasteiger charge is -2.26. The van der Waals surface area contributed by atoms with Crippen molar-refractivity contribution in [3.63, 3.8) is 0 Å². The van der Waals surface area contributed by atoms with Crippen molar-refractivity contribution in [3.05, 3.63) is 59.9 Å². The smallest absolute Gasteiger partial charge is 0.243 e. The number of sulfonamides is 2. The number of benzene rings is 2. The second-order valence-electron chi connectivity index (χ2n) is 7.45. The summed E-state index contributed by atoms with van der Waals surface area (Å²) in [4.78, 5) is 12.3. The van der Waals surface area contributed by atoms with Gasteiger partial charge in [-0.3, -0.25) is 4.79 Å². The van der Waals surface area contributed by atoms with Crippen LogP contribution >= 0.6 is 0 Å². The minimum Gasteiger partial charge on any atom is -0.352 e. The molecule has 2 aromatic carbocycles. The largest absolute Gasteiger partial charge is 0.352 e. The molecule has 0 aliphatic carbocycles. The Balaban J connectivity index is 1.56. The van der Waals surface area contributed by atoms with Crippen molar-refractivity contribution in [2.75, 3.05) is 19.6 Å². The van der Waals surface area contributed by atoms with E-state index in [0.29, 0.717) is 18.7 Å². The highest BCUT2D eigenvalue weighted by molar-refractivity contribution is 7.89. The molecule has 0 saturated carbocycles. The molecule has 1 aliphatic heterocycles. The summed E-state index contributed by atoms with van der Waals surface area (Å²) in [5.74, 6) is -0.983. The molecule has 0 radical (unpaired) electrons. The van der Waals surface area contributed by atoms with Gasteiger partial charge in [0.05, 0.1) is 9.79 Å². The molecule has 2 aromatic rings. The van der Waals surface area contributed by atoms with E-state index in [1.165, 1.54) is 10.4 Å². The van der Waals surface area contributed by atoms with Crippen molar-refractivity contribution in [2.45, 2.75) is 42.0 Å². The second-order valence-corrected chi connectivity index (χ2v) is 11.1. The average Bonchev–Trinajstić information content (AvgIpc) is 2.78. The molecule has 32 heavy (non-hydrogen) atoms. The minimum atomic E-state index is -3.86. The summed E-state index contributed by atoms with van der Waals surface area (Å²) in [5.41, 5.74) is 0.471. The fourth-order valence-electron chi connectivity index (χ4n) is 3.42. The molecule has 0 unspecified atom stereocenters. The number of halogens is 1. The van der Waals surface area contributed by atoms with Crippen LogP contribution in [0, 0.1) is 5.82 Å². The van der Waals surface area contributed by atoms with Gasteiger partial charge in [0, 0.05) is 32.6 Å². The summed E-state index contributed by atoms with van der Waals surface area (Å²) in [6.45, 7) is 0.820. The average molecular weight is 484 g/mol. The highest BCUT2D eigenvalue weighted by Gasteiger charge is 2.27. The van der Waals surface area contributed by atoms with E-state index in [4.69, 9.17) is 0 Å². The molecule has 1 amide bonds. The summed E-state index contributed by atoms with van der Waals surface area (Å²) in [6.07, 6.45) is 2.52. The maximum Gasteiger partial charge on any atom is 0.243 e. The molecule has 2 N–H and O–H groups in total. The number of hydrogen-bond donors (Lipinski definition) is 2. The van der Waals surface area contributed by atoms with Crippen molar-refractivity contribution >= 4 is 26.0 Å². The Hall–Kier alpha value is -2.34. The quantitative estimate of drug-likeness (QED) is 0.566. The van der Waals surface area contributed by atoms with Crippen LogP contribution in [0.4, 0.5) is 4.39 Å². The van der Waals surface area contributed by atoms with Crippen LogP contribution in [0.1, 0.15) is 31.2 Å². The van der Waals surface area contributed by atoms with E-state index in [1.807, 2.05) is 0 Å². The summed E-state index contributed by atoms with van der Waals surface area (Å²) in [7, 11) is -7.51. The molecule has 0 bridgehead atoms. The normalized spacial score (nSPS) is 15.4. The van der Waals surface area contributed by atoms with Crippen molar-refractivity contribution < 1.29 is 26.0 Å². The molecule has 11 heteroatoms. The third-order valence-corrected chi connectivity index (χ3v) is 8.63. The van der Waals surface area contributed by atoms with Gasteiger partial charge < -0.3 is 5.32 Å². The maximum absolute atomic E-state index is 13.0. The van der Waals surface area contributed by atoms with Crippen molar-refractivity contribution in [1.82, 2.24) is 14.3 Å². The van der Waals surface area contributed by atoms with Gasteiger partial charge in [-0.1, -0.05) is 24.6 Å². The molecule has 1 saturated heterocycles. The van der Waals surface area contributed by atoms with Crippen LogP contribution in [0.5, 0.6) is 0 Å². The molecule has 1 heterocycles. The molecular weight excluding hydrogens is 457 g/mol. The molecule has 0 atom stereocenters. The topological polar surface area (TPSA) is 113 Å². The van der Waals surface area contributed by atoms with Gasteiger partial charge in [0.2, 0.25) is 26.0 Å². The first-order valence-electron chi connectivity index (χ1n) is 10.3. The number of carbonyl (C=O) groups excluding carboxylic acids is 1. The second kappa shape index (κ2) is 10.5. The van der Waals surface area contributed by atoms with Crippen LogP contribution in [-0.4, -0.2) is 46.7 Å². The minimum absolute atomic E-state index is 0.00673. The highest BCUT2D eigenvalue weighted by Crippen LogP contribution is 2.23. The summed E-state index contributed by atoms with van der Waals surface area (Å²) >= 11 is 0. The first-order chi connectivity index (χ1) is 15.2. The van der Waals surface area contributed by atoms with E-state index < -0.39 is 31.8 Å². The van der Waals surface area contributed by atoms with Crippen molar-refractivity contribution in [1.29, 1.82) is 0 Å². The van der Waals surface area contributed by atoms with Gasteiger partial charge in [0.1, 0.15) is 5.82 Å². The van der Waals surface area contributed by atoms with E-state index in [9.17, 15) is 26.0 Å². The van der Waals surface area contributed by atoms with Crippen LogP contribution in [0.15, 0.2) is 58.3 Å². The number of amides is 1. The Kier molecular flexibility index (Phi) is 7.99. The van der Waals surface area contributed by atoms with Crippen LogP contribution < -0.4 is 10.0 Å². The van der Waals surface area contributed by atoms with Gasteiger partial charge in [0.15, 0.2) is 0 Å². The molecule has 0 spiro atoms. The van der Waals surface area contributed by atoms with Crippen molar-refractivity contribution in [3.8, 4) is 0 Å². The molecular formula is C21H26FN3O5S2. The van der Waals surface area contributed by atoms with Gasteiger partial charge in [-0.2, -0.15) is 4.31 Å². The first kappa shape index (κ1) is 24.3. The maximum atomic E-state index is 13.0. The third-order valence-electron chi connectivity index (χ3n) is 5.15. The Morgan fingerprint density at radius 3 is 2.28 bits per heavy atom. The van der Waals surface area contributed by atoms with Gasteiger partial charge >= 0.3 is 0 Å². The van der Waals surface area contributed by atoms with E-state index in [-0.39, 0.29) is 29.3 Å². The number of nitrogens with one attached hydrogen (secondary N) is 2. The Bertz CT molecular complexity index is 1150. The number of rotatable bonds is 9. The number of piperidine rings is 1. The SMILES string of the molecule is O=C(CCNS(=O)(=O)c1ccc(F)cc1)NCc1ccccc1S(=O)(=O)N1CCCCC1. The predicted molar refractivity (Wildman–Crippen MR) is 117 cm³/mol. The molecule has 8 nitrogen and oxygen atoms in total. The lowest BCUT2D eigenvalue weighted by molar-refractivity contribution is -0.121. The van der Waals surface area contributed by atoms with E-state index in [2.05, 4.69) is 10.0 Å². The number of carbonyl (C=O) groups is 1. The summed E-state index contributed by atoms with van der Waals surface area (Å²) < 4.78 is 67.1. The molecule has 1 aliphatic rings. The van der Waals surface area contributed by atoms with Crippen LogP contribution in [0.25, 0.3) is 0 Å². The van der Waals surface area contributed by atoms with Crippen LogP contribution in [-0.2, 0) is 31.4 Å². The standard InChI is InChI=1S/C21H26FN3O5S2/c22-18-8-10-19(11-9-18)31(27,28)24-13-12-21(26)23-16-17-6-2-3-7-20(17)32(29,30)25-14-4-1-5-15-25/h2-3,6-11,24H,1,4-5,12-16H2,(H,23,26). The fraction of sp³-hybridized carbons (Fsp3) is 0.381. The summed E-state index contributed by atoms with van der Waals surface area (Å²) in [5, 5.41) is 2.64. The van der Waals surface area contributed by atoms with Crippen LogP contribution in [0.3, 0.4) is 0 Å². The lowest BCUT2D eigenvalue weighted by Crippen LogP contribution is -2.36. The Labute approximate surface area is 187 Å². The Morgan fingerprint density at radius 1 is 0.938 bits per heavy atom.